The standard InChI is InChI=1S/C18H30N4O4/c1-12(2)9-11-22-15(14(19-20-22)16(23)25-6)13-8-7-10-21(13)17(24)26-18(3,4)5/h12-13H,7-11H2,1-6H3. The molecule has 0 aromatic carbocycles. The van der Waals surface area contributed by atoms with Gasteiger partial charge in [-0.3, -0.25) is 4.90 Å². The van der Waals surface area contributed by atoms with Crippen molar-refractivity contribution in [2.75, 3.05) is 13.7 Å². The number of hydrogen-bond donors (Lipinski definition) is 0. The zero-order valence-electron chi connectivity index (χ0n) is 16.6. The summed E-state index contributed by atoms with van der Waals surface area (Å²) in [4.78, 5) is 26.5. The molecule has 2 heterocycles. The van der Waals surface area contributed by atoms with Crippen molar-refractivity contribution in [3.05, 3.63) is 11.4 Å². The van der Waals surface area contributed by atoms with Crippen molar-refractivity contribution in [2.24, 2.45) is 5.92 Å². The molecule has 1 aromatic rings. The number of amides is 1. The van der Waals surface area contributed by atoms with Crippen LogP contribution in [0.5, 0.6) is 0 Å². The summed E-state index contributed by atoms with van der Waals surface area (Å²) in [7, 11) is 1.32. The minimum absolute atomic E-state index is 0.178. The van der Waals surface area contributed by atoms with Crippen LogP contribution in [0.25, 0.3) is 0 Å². The molecule has 146 valence electrons. The Morgan fingerprint density at radius 2 is 2.00 bits per heavy atom. The number of aryl methyl sites for hydroxylation is 1. The number of ether oxygens (including phenoxy) is 2. The van der Waals surface area contributed by atoms with Crippen LogP contribution < -0.4 is 0 Å². The van der Waals surface area contributed by atoms with Gasteiger partial charge in [0.05, 0.1) is 18.8 Å². The minimum atomic E-state index is -0.578. The predicted octanol–water partition coefficient (Wildman–Crippen LogP) is 3.18. The van der Waals surface area contributed by atoms with Gasteiger partial charge in [0, 0.05) is 13.1 Å². The SMILES string of the molecule is COC(=O)c1nnn(CCC(C)C)c1C1CCCN1C(=O)OC(C)(C)C. The molecule has 8 nitrogen and oxygen atoms in total. The Balaban J connectivity index is 2.35. The van der Waals surface area contributed by atoms with Gasteiger partial charge in [-0.05, 0) is 46.0 Å². The number of likely N-dealkylation sites (tertiary alicyclic amines) is 1. The summed E-state index contributed by atoms with van der Waals surface area (Å²) < 4.78 is 12.1. The molecule has 0 bridgehead atoms. The van der Waals surface area contributed by atoms with E-state index in [1.165, 1.54) is 7.11 Å². The zero-order chi connectivity index (χ0) is 19.5. The molecule has 1 aromatic heterocycles. The van der Waals surface area contributed by atoms with Crippen molar-refractivity contribution in [3.63, 3.8) is 0 Å². The lowest BCUT2D eigenvalue weighted by Gasteiger charge is -2.29. The molecular weight excluding hydrogens is 336 g/mol. The van der Waals surface area contributed by atoms with E-state index in [1.807, 2.05) is 20.8 Å². The second-order valence-corrected chi connectivity index (χ2v) is 8.05. The Hall–Kier alpha value is -2.12. The summed E-state index contributed by atoms with van der Waals surface area (Å²) in [5.41, 5.74) is 0.239. The van der Waals surface area contributed by atoms with Gasteiger partial charge in [-0.25, -0.2) is 14.3 Å². The van der Waals surface area contributed by atoms with Crippen molar-refractivity contribution in [3.8, 4) is 0 Å². The zero-order valence-corrected chi connectivity index (χ0v) is 16.6. The average molecular weight is 366 g/mol. The molecule has 2 rings (SSSR count). The van der Waals surface area contributed by atoms with Crippen LogP contribution in [0.2, 0.25) is 0 Å². The third-order valence-electron chi connectivity index (χ3n) is 4.27. The van der Waals surface area contributed by atoms with Gasteiger partial charge in [-0.1, -0.05) is 19.1 Å². The van der Waals surface area contributed by atoms with Gasteiger partial charge in [0.1, 0.15) is 5.60 Å². The van der Waals surface area contributed by atoms with E-state index in [2.05, 4.69) is 24.2 Å². The molecule has 0 N–H and O–H groups in total. The highest BCUT2D eigenvalue weighted by atomic mass is 16.6. The molecule has 0 saturated carbocycles. The second-order valence-electron chi connectivity index (χ2n) is 8.05. The molecule has 1 amide bonds. The van der Waals surface area contributed by atoms with Gasteiger partial charge in [0.2, 0.25) is 0 Å². The Morgan fingerprint density at radius 1 is 1.31 bits per heavy atom. The lowest BCUT2D eigenvalue weighted by Crippen LogP contribution is -2.37. The fraction of sp³-hybridized carbons (Fsp3) is 0.778. The lowest BCUT2D eigenvalue weighted by atomic mass is 10.1. The summed E-state index contributed by atoms with van der Waals surface area (Å²) >= 11 is 0. The number of rotatable bonds is 5. The Bertz CT molecular complexity index is 648. The van der Waals surface area contributed by atoms with Crippen LogP contribution in [-0.4, -0.2) is 51.2 Å². The van der Waals surface area contributed by atoms with Gasteiger partial charge < -0.3 is 9.47 Å². The van der Waals surface area contributed by atoms with Crippen molar-refractivity contribution in [1.82, 2.24) is 19.9 Å². The fourth-order valence-electron chi connectivity index (χ4n) is 3.03. The van der Waals surface area contributed by atoms with E-state index < -0.39 is 11.6 Å². The summed E-state index contributed by atoms with van der Waals surface area (Å²) in [5.74, 6) is -0.0500. The number of esters is 1. The van der Waals surface area contributed by atoms with E-state index in [4.69, 9.17) is 9.47 Å². The summed E-state index contributed by atoms with van der Waals surface area (Å²) in [6.45, 7) is 11.0. The monoisotopic (exact) mass is 366 g/mol. The normalized spacial score (nSPS) is 17.7. The smallest absolute Gasteiger partial charge is 0.410 e. The number of nitrogens with zero attached hydrogens (tertiary/aromatic N) is 4. The van der Waals surface area contributed by atoms with E-state index in [-0.39, 0.29) is 17.8 Å². The first-order valence-electron chi connectivity index (χ1n) is 9.15. The summed E-state index contributed by atoms with van der Waals surface area (Å²) in [6.07, 6.45) is 2.08. The van der Waals surface area contributed by atoms with E-state index in [0.717, 1.165) is 19.3 Å². The van der Waals surface area contributed by atoms with Crippen LogP contribution in [0.15, 0.2) is 0 Å². The fourth-order valence-corrected chi connectivity index (χ4v) is 3.03. The van der Waals surface area contributed by atoms with E-state index >= 15 is 0 Å². The number of methoxy groups -OCH3 is 1. The van der Waals surface area contributed by atoms with Crippen molar-refractivity contribution < 1.29 is 19.1 Å². The second kappa shape index (κ2) is 8.05. The highest BCUT2D eigenvalue weighted by molar-refractivity contribution is 5.88. The molecule has 1 aliphatic heterocycles. The third kappa shape index (κ3) is 4.74. The topological polar surface area (TPSA) is 86.5 Å². The highest BCUT2D eigenvalue weighted by Gasteiger charge is 2.38. The van der Waals surface area contributed by atoms with Gasteiger partial charge in [-0.2, -0.15) is 0 Å². The lowest BCUT2D eigenvalue weighted by molar-refractivity contribution is 0.0214. The predicted molar refractivity (Wildman–Crippen MR) is 95.7 cm³/mol. The van der Waals surface area contributed by atoms with Gasteiger partial charge in [0.25, 0.3) is 0 Å². The van der Waals surface area contributed by atoms with E-state index in [1.54, 1.807) is 9.58 Å². The maximum atomic E-state index is 12.6. The molecule has 26 heavy (non-hydrogen) atoms. The van der Waals surface area contributed by atoms with Gasteiger partial charge in [-0.15, -0.1) is 5.10 Å². The van der Waals surface area contributed by atoms with Crippen LogP contribution in [0.3, 0.4) is 0 Å². The van der Waals surface area contributed by atoms with Crippen LogP contribution >= 0.6 is 0 Å². The maximum Gasteiger partial charge on any atom is 0.410 e. The van der Waals surface area contributed by atoms with E-state index in [9.17, 15) is 9.59 Å². The largest absolute Gasteiger partial charge is 0.464 e. The van der Waals surface area contributed by atoms with Crippen LogP contribution in [0.4, 0.5) is 4.79 Å². The van der Waals surface area contributed by atoms with Crippen LogP contribution in [0.1, 0.15) is 76.1 Å². The Labute approximate surface area is 154 Å². The molecule has 0 spiro atoms. The minimum Gasteiger partial charge on any atom is -0.464 e. The molecule has 0 aliphatic carbocycles. The molecule has 1 aliphatic rings. The van der Waals surface area contributed by atoms with Crippen molar-refractivity contribution >= 4 is 12.1 Å². The van der Waals surface area contributed by atoms with Crippen LogP contribution in [-0.2, 0) is 16.0 Å². The van der Waals surface area contributed by atoms with Crippen molar-refractivity contribution in [2.45, 2.75) is 72.1 Å². The Morgan fingerprint density at radius 3 is 2.58 bits per heavy atom. The summed E-state index contributed by atoms with van der Waals surface area (Å²) in [6, 6.07) is -0.291. The van der Waals surface area contributed by atoms with Crippen molar-refractivity contribution in [1.29, 1.82) is 0 Å². The molecule has 1 fully saturated rings. The first kappa shape index (κ1) is 20.2. The molecule has 8 heteroatoms. The van der Waals surface area contributed by atoms with E-state index in [0.29, 0.717) is 24.7 Å². The average Bonchev–Trinajstić information content (AvgIpc) is 3.16. The molecule has 1 unspecified atom stereocenters. The first-order chi connectivity index (χ1) is 12.1. The first-order valence-corrected chi connectivity index (χ1v) is 9.15. The molecular formula is C18H30N4O4. The molecule has 0 radical (unpaired) electrons. The van der Waals surface area contributed by atoms with Gasteiger partial charge in [0.15, 0.2) is 5.69 Å². The quantitative estimate of drug-likeness (QED) is 0.744. The third-order valence-corrected chi connectivity index (χ3v) is 4.27. The number of carbonyl (C=O) groups excluding carboxylic acids is 2. The van der Waals surface area contributed by atoms with Gasteiger partial charge >= 0.3 is 12.1 Å². The number of hydrogen-bond acceptors (Lipinski definition) is 6. The number of carbonyl (C=O) groups is 2. The molecule has 1 atom stereocenters. The van der Waals surface area contributed by atoms with Crippen LogP contribution in [0, 0.1) is 5.92 Å². The number of aromatic nitrogens is 3. The Kier molecular flexibility index (Phi) is 6.26. The summed E-state index contributed by atoms with van der Waals surface area (Å²) in [5, 5.41) is 8.19. The highest BCUT2D eigenvalue weighted by Crippen LogP contribution is 2.35. The molecule has 1 saturated heterocycles. The maximum absolute atomic E-state index is 12.6.